The van der Waals surface area contributed by atoms with Crippen molar-refractivity contribution in [3.05, 3.63) is 60.0 Å². The van der Waals surface area contributed by atoms with Crippen molar-refractivity contribution in [2.24, 2.45) is 0 Å². The van der Waals surface area contributed by atoms with Crippen molar-refractivity contribution in [3.63, 3.8) is 0 Å². The average molecular weight is 485 g/mol. The highest BCUT2D eigenvalue weighted by molar-refractivity contribution is 7.98. The summed E-state index contributed by atoms with van der Waals surface area (Å²) in [5.41, 5.74) is 4.57. The molecule has 0 atom stereocenters. The van der Waals surface area contributed by atoms with E-state index in [0.717, 1.165) is 23.5 Å². The van der Waals surface area contributed by atoms with Crippen LogP contribution in [0.15, 0.2) is 59.6 Å². The molecule has 164 valence electrons. The highest BCUT2D eigenvalue weighted by atomic mass is 32.2. The largest absolute Gasteiger partial charge is 0.439 e. The third-order valence-electron chi connectivity index (χ3n) is 3.62. The predicted molar refractivity (Wildman–Crippen MR) is 118 cm³/mol. The molecule has 0 amide bonds. The summed E-state index contributed by atoms with van der Waals surface area (Å²) >= 11 is 1.03. The lowest BCUT2D eigenvalue weighted by molar-refractivity contribution is -0.137. The molecular weight excluding hydrogens is 461 g/mol. The van der Waals surface area contributed by atoms with Gasteiger partial charge >= 0.3 is 6.18 Å². The van der Waals surface area contributed by atoms with E-state index in [-0.39, 0.29) is 38.3 Å². The van der Waals surface area contributed by atoms with E-state index in [1.54, 1.807) is 0 Å². The van der Waals surface area contributed by atoms with Crippen LogP contribution in [0, 0.1) is 0 Å². The number of nitrogens with zero attached hydrogens (tertiary/aromatic N) is 4. The highest BCUT2D eigenvalue weighted by Crippen LogP contribution is 2.33. The summed E-state index contributed by atoms with van der Waals surface area (Å²) in [5, 5.41) is 9.95. The van der Waals surface area contributed by atoms with Gasteiger partial charge < -0.3 is 15.8 Å². The molecule has 12 heteroatoms. The lowest BCUT2D eigenvalue weighted by atomic mass is 10.2. The lowest BCUT2D eigenvalue weighted by Crippen LogP contribution is -2.05. The van der Waals surface area contributed by atoms with Crippen LogP contribution >= 0.6 is 23.1 Å². The van der Waals surface area contributed by atoms with Gasteiger partial charge in [-0.15, -0.1) is 10.2 Å². The molecule has 2 aromatic carbocycles. The Morgan fingerprint density at radius 3 is 2.75 bits per heavy atom. The number of halogens is 3. The standard InChI is InChI=1S/C20H15F3N6OS2/c1-31-18-26-15(24)10-16(27-18)30-14-7-5-11(6-8-14)17-28-29-19(32-17)25-13-4-2-3-12(9-13)20(21,22)23/h2-10H,1H3,(H,25,29)(H2,24,26,27)/i1D3,5D,6D,7D,8D,10D. The van der Waals surface area contributed by atoms with Gasteiger partial charge in [-0.2, -0.15) is 18.2 Å². The molecule has 4 aromatic rings. The lowest BCUT2D eigenvalue weighted by Gasteiger charge is -2.08. The molecule has 2 heterocycles. The van der Waals surface area contributed by atoms with Crippen LogP contribution in [0.3, 0.4) is 0 Å². The van der Waals surface area contributed by atoms with E-state index in [1.807, 2.05) is 0 Å². The zero-order valence-electron chi connectivity index (χ0n) is 23.5. The molecule has 0 radical (unpaired) electrons. The third kappa shape index (κ3) is 5.26. The van der Waals surface area contributed by atoms with Crippen LogP contribution in [-0.2, 0) is 6.18 Å². The first kappa shape index (κ1) is 13.9. The maximum atomic E-state index is 13.0. The number of aromatic nitrogens is 4. The topological polar surface area (TPSA) is 98.8 Å². The molecule has 32 heavy (non-hydrogen) atoms. The Labute approximate surface area is 200 Å². The molecule has 3 N–H and O–H groups in total. The first-order valence-electron chi connectivity index (χ1n) is 12.4. The third-order valence-corrected chi connectivity index (χ3v) is 4.84. The summed E-state index contributed by atoms with van der Waals surface area (Å²) in [6.07, 6.45) is -7.10. The molecule has 0 aliphatic heterocycles. The molecule has 0 saturated carbocycles. The van der Waals surface area contributed by atoms with Crippen molar-refractivity contribution in [2.75, 3.05) is 17.2 Å². The molecule has 0 saturated heterocycles. The van der Waals surface area contributed by atoms with Crippen LogP contribution in [0.5, 0.6) is 11.6 Å². The Morgan fingerprint density at radius 1 is 1.19 bits per heavy atom. The molecule has 7 nitrogen and oxygen atoms in total. The van der Waals surface area contributed by atoms with Crippen LogP contribution in [0.2, 0.25) is 0 Å². The monoisotopic (exact) mass is 484 g/mol. The molecule has 0 spiro atoms. The fraction of sp³-hybridized carbons (Fsp3) is 0.100. The summed E-state index contributed by atoms with van der Waals surface area (Å²) in [6.45, 7) is 0. The van der Waals surface area contributed by atoms with Gasteiger partial charge in [0, 0.05) is 21.4 Å². The van der Waals surface area contributed by atoms with E-state index in [1.165, 1.54) is 12.1 Å². The minimum Gasteiger partial charge on any atom is -0.439 e. The summed E-state index contributed by atoms with van der Waals surface area (Å²) in [4.78, 5) is 7.52. The van der Waals surface area contributed by atoms with Crippen LogP contribution in [0.1, 0.15) is 16.5 Å². The van der Waals surface area contributed by atoms with Gasteiger partial charge in [0.2, 0.25) is 11.0 Å². The zero-order chi connectivity index (χ0) is 29.6. The van der Waals surface area contributed by atoms with Gasteiger partial charge in [-0.1, -0.05) is 29.2 Å². The van der Waals surface area contributed by atoms with E-state index in [2.05, 4.69) is 25.5 Å². The van der Waals surface area contributed by atoms with Crippen LogP contribution in [0.25, 0.3) is 10.6 Å². The normalized spacial score (nSPS) is 15.3. The van der Waals surface area contributed by atoms with Crippen molar-refractivity contribution in [1.29, 1.82) is 0 Å². The molecule has 0 aliphatic carbocycles. The predicted octanol–water partition coefficient (Wildman–Crippen LogP) is 5.85. The molecule has 0 unspecified atom stereocenters. The van der Waals surface area contributed by atoms with Crippen molar-refractivity contribution in [1.82, 2.24) is 20.2 Å². The first-order valence-corrected chi connectivity index (χ1v) is 10.1. The smallest absolute Gasteiger partial charge is 0.416 e. The van der Waals surface area contributed by atoms with E-state index in [4.69, 9.17) is 21.4 Å². The van der Waals surface area contributed by atoms with Crippen molar-refractivity contribution < 1.29 is 28.9 Å². The van der Waals surface area contributed by atoms with E-state index < -0.39 is 65.6 Å². The van der Waals surface area contributed by atoms with E-state index in [0.29, 0.717) is 0 Å². The quantitative estimate of drug-likeness (QED) is 0.260. The summed E-state index contributed by atoms with van der Waals surface area (Å²) in [7, 11) is 0. The number of hydrogen-bond donors (Lipinski definition) is 2. The number of thioether (sulfide) groups is 1. The summed E-state index contributed by atoms with van der Waals surface area (Å²) in [5.74, 6) is -1.64. The van der Waals surface area contributed by atoms with Crippen molar-refractivity contribution in [3.8, 4) is 22.2 Å². The van der Waals surface area contributed by atoms with Crippen LogP contribution in [-0.4, -0.2) is 26.3 Å². The maximum absolute atomic E-state index is 13.0. The highest BCUT2D eigenvalue weighted by Gasteiger charge is 2.30. The fourth-order valence-corrected chi connectivity index (χ4v) is 3.29. The number of ether oxygens (including phenoxy) is 1. The fourth-order valence-electron chi connectivity index (χ4n) is 2.30. The molecule has 2 aromatic heterocycles. The molecule has 0 aliphatic rings. The van der Waals surface area contributed by atoms with E-state index >= 15 is 0 Å². The molecule has 0 bridgehead atoms. The number of hydrogen-bond acceptors (Lipinski definition) is 9. The number of anilines is 3. The molecular formula is C20H15F3N6OS2. The van der Waals surface area contributed by atoms with Crippen LogP contribution in [0.4, 0.5) is 29.8 Å². The minimum atomic E-state index is -4.56. The second-order valence-electron chi connectivity index (χ2n) is 5.85. The Balaban J connectivity index is 1.67. The van der Waals surface area contributed by atoms with Gasteiger partial charge in [-0.05, 0) is 48.6 Å². The van der Waals surface area contributed by atoms with Crippen LogP contribution < -0.4 is 15.8 Å². The average Bonchev–Trinajstić information content (AvgIpc) is 3.30. The first-order chi connectivity index (χ1) is 18.5. The number of benzene rings is 2. The molecule has 4 rings (SSSR count). The number of nitrogens with two attached hydrogens (primary N) is 1. The van der Waals surface area contributed by atoms with Crippen molar-refractivity contribution in [2.45, 2.75) is 11.3 Å². The summed E-state index contributed by atoms with van der Waals surface area (Å²) < 4.78 is 108. The van der Waals surface area contributed by atoms with Gasteiger partial charge in [-0.25, -0.2) is 4.98 Å². The molecule has 0 fully saturated rings. The Kier molecular flexibility index (Phi) is 3.91. The van der Waals surface area contributed by atoms with E-state index in [9.17, 15) is 13.2 Å². The minimum absolute atomic E-state index is 0.0288. The second kappa shape index (κ2) is 9.01. The Morgan fingerprint density at radius 2 is 2.00 bits per heavy atom. The Hall–Kier alpha value is -3.38. The number of alkyl halides is 3. The maximum Gasteiger partial charge on any atom is 0.416 e. The zero-order valence-corrected chi connectivity index (χ0v) is 17.2. The second-order valence-corrected chi connectivity index (χ2v) is 7.39. The van der Waals surface area contributed by atoms with Gasteiger partial charge in [-0.3, -0.25) is 0 Å². The number of nitrogen functional groups attached to an aromatic ring is 1. The summed E-state index contributed by atoms with van der Waals surface area (Å²) in [6, 6.07) is 1.23. The van der Waals surface area contributed by atoms with Crippen molar-refractivity contribution >= 4 is 39.7 Å². The van der Waals surface area contributed by atoms with Gasteiger partial charge in [0.25, 0.3) is 0 Å². The van der Waals surface area contributed by atoms with Gasteiger partial charge in [0.1, 0.15) is 16.6 Å². The SMILES string of the molecule is [2H]c1c(N)nc(SC([2H])([2H])[2H])nc1Oc1c([2H])c([2H])c(-c2nnc(Nc3cccc(C(F)(F)F)c3)s2)c([2H])c1[2H]. The Bertz CT molecular complexity index is 1570. The number of nitrogens with one attached hydrogen (secondary N) is 1. The van der Waals surface area contributed by atoms with Gasteiger partial charge in [0.15, 0.2) is 5.16 Å². The number of rotatable bonds is 6. The van der Waals surface area contributed by atoms with Gasteiger partial charge in [0.05, 0.1) is 12.4 Å².